The molecular weight excluding hydrogens is 300 g/mol. The van der Waals surface area contributed by atoms with Crippen LogP contribution in [0.5, 0.6) is 0 Å². The predicted octanol–water partition coefficient (Wildman–Crippen LogP) is 0.772. The Bertz CT molecular complexity index is 658. The highest BCUT2D eigenvalue weighted by atomic mass is 16.4. The number of fused-ring (bicyclic) bond motifs is 1. The van der Waals surface area contributed by atoms with Gasteiger partial charge >= 0.3 is 6.09 Å². The van der Waals surface area contributed by atoms with Crippen LogP contribution in [0.3, 0.4) is 0 Å². The molecule has 4 N–H and O–H groups in total. The number of carbonyl (C=O) groups excluding carboxylic acids is 1. The number of nitrogens with zero attached hydrogens (tertiary/aromatic N) is 3. The molecule has 2 amide bonds. The lowest BCUT2D eigenvalue weighted by Gasteiger charge is -2.36. The normalized spacial score (nSPS) is 26.0. The van der Waals surface area contributed by atoms with Crippen LogP contribution in [0.2, 0.25) is 0 Å². The number of hydrogen-bond acceptors (Lipinski definition) is 6. The third-order valence-corrected chi connectivity index (χ3v) is 4.41. The fraction of sp³-hybridized carbons (Fsp3) is 0.571. The second-order valence-electron chi connectivity index (χ2n) is 6.07. The van der Waals surface area contributed by atoms with Crippen LogP contribution >= 0.6 is 0 Å². The van der Waals surface area contributed by atoms with Crippen molar-refractivity contribution in [2.24, 2.45) is 0 Å². The molecule has 9 nitrogen and oxygen atoms in total. The number of carbonyl (C=O) groups is 2. The quantitative estimate of drug-likeness (QED) is 0.649. The van der Waals surface area contributed by atoms with Crippen LogP contribution in [0, 0.1) is 6.92 Å². The molecule has 0 bridgehead atoms. The van der Waals surface area contributed by atoms with Crippen molar-refractivity contribution in [3.05, 3.63) is 5.69 Å². The molecule has 1 aliphatic heterocycles. The van der Waals surface area contributed by atoms with Gasteiger partial charge in [-0.25, -0.2) is 9.78 Å². The van der Waals surface area contributed by atoms with Gasteiger partial charge in [-0.2, -0.15) is 4.98 Å². The Morgan fingerprint density at radius 3 is 2.70 bits per heavy atom. The van der Waals surface area contributed by atoms with E-state index in [9.17, 15) is 9.59 Å². The number of anilines is 3. The number of hydrogen-bond donors (Lipinski definition) is 4. The molecule has 1 atom stereocenters. The lowest BCUT2D eigenvalue weighted by molar-refractivity contribution is -0.117. The molecule has 1 fully saturated rings. The second-order valence-corrected chi connectivity index (χ2v) is 6.07. The van der Waals surface area contributed by atoms with E-state index in [1.165, 1.54) is 0 Å². The lowest BCUT2D eigenvalue weighted by Crippen LogP contribution is -2.49. The van der Waals surface area contributed by atoms with Crippen molar-refractivity contribution in [2.75, 3.05) is 22.6 Å². The first kappa shape index (κ1) is 15.3. The van der Waals surface area contributed by atoms with Crippen LogP contribution in [0.25, 0.3) is 0 Å². The van der Waals surface area contributed by atoms with E-state index in [2.05, 4.69) is 25.9 Å². The molecule has 2 aliphatic rings. The summed E-state index contributed by atoms with van der Waals surface area (Å²) in [6.07, 6.45) is 0.407. The third kappa shape index (κ3) is 2.86. The summed E-state index contributed by atoms with van der Waals surface area (Å²) < 4.78 is 0. The fourth-order valence-electron chi connectivity index (χ4n) is 2.82. The van der Waals surface area contributed by atoms with Gasteiger partial charge < -0.3 is 26.0 Å². The molecule has 1 aromatic heterocycles. The Morgan fingerprint density at radius 2 is 2.04 bits per heavy atom. The third-order valence-electron chi connectivity index (χ3n) is 4.41. The number of nitrogens with one attached hydrogen (secondary N) is 3. The van der Waals surface area contributed by atoms with Gasteiger partial charge in [0.25, 0.3) is 0 Å². The zero-order chi connectivity index (χ0) is 16.7. The van der Waals surface area contributed by atoms with Gasteiger partial charge in [0.2, 0.25) is 11.9 Å². The summed E-state index contributed by atoms with van der Waals surface area (Å²) in [6.45, 7) is 3.64. The van der Waals surface area contributed by atoms with E-state index in [0.29, 0.717) is 36.0 Å². The maximum Gasteiger partial charge on any atom is 0.404 e. The Hall–Kier alpha value is -2.58. The molecule has 0 unspecified atom stereocenters. The first-order chi connectivity index (χ1) is 10.8. The van der Waals surface area contributed by atoms with Crippen molar-refractivity contribution in [1.82, 2.24) is 15.3 Å². The molecule has 0 saturated heterocycles. The van der Waals surface area contributed by atoms with E-state index in [1.807, 2.05) is 25.8 Å². The highest BCUT2D eigenvalue weighted by Gasteiger charge is 2.33. The van der Waals surface area contributed by atoms with Gasteiger partial charge in [-0.1, -0.05) is 0 Å². The van der Waals surface area contributed by atoms with Gasteiger partial charge in [0, 0.05) is 19.1 Å². The Kier molecular flexibility index (Phi) is 3.70. The Morgan fingerprint density at radius 1 is 1.35 bits per heavy atom. The van der Waals surface area contributed by atoms with Crippen molar-refractivity contribution in [2.45, 2.75) is 44.8 Å². The van der Waals surface area contributed by atoms with Gasteiger partial charge in [-0.05, 0) is 26.7 Å². The summed E-state index contributed by atoms with van der Waals surface area (Å²) in [7, 11) is 1.83. The maximum atomic E-state index is 11.9. The van der Waals surface area contributed by atoms with Crippen molar-refractivity contribution in [1.29, 1.82) is 0 Å². The highest BCUT2D eigenvalue weighted by Crippen LogP contribution is 2.33. The SMILES string of the molecule is Cc1nc(N[C@H]2C[C@H](NC(=O)O)C2)nc2c1NC(=O)[C@H](C)N2C. The van der Waals surface area contributed by atoms with Crippen LogP contribution in [-0.2, 0) is 4.79 Å². The monoisotopic (exact) mass is 320 g/mol. The minimum Gasteiger partial charge on any atom is -0.465 e. The molecule has 3 rings (SSSR count). The summed E-state index contributed by atoms with van der Waals surface area (Å²) in [5.41, 5.74) is 1.34. The molecule has 0 aromatic carbocycles. The van der Waals surface area contributed by atoms with E-state index >= 15 is 0 Å². The summed E-state index contributed by atoms with van der Waals surface area (Å²) in [5, 5.41) is 17.2. The largest absolute Gasteiger partial charge is 0.465 e. The Balaban J connectivity index is 1.72. The van der Waals surface area contributed by atoms with Gasteiger partial charge in [-0.3, -0.25) is 4.79 Å². The van der Waals surface area contributed by atoms with E-state index in [1.54, 1.807) is 0 Å². The molecule has 124 valence electrons. The van der Waals surface area contributed by atoms with Gasteiger partial charge in [0.15, 0.2) is 5.82 Å². The zero-order valence-corrected chi connectivity index (χ0v) is 13.3. The second kappa shape index (κ2) is 5.56. The summed E-state index contributed by atoms with van der Waals surface area (Å²) in [4.78, 5) is 33.2. The highest BCUT2D eigenvalue weighted by molar-refractivity contribution is 6.03. The maximum absolute atomic E-state index is 11.9. The molecule has 1 aromatic rings. The molecule has 0 radical (unpaired) electrons. The number of aryl methyl sites for hydroxylation is 1. The molecule has 9 heteroatoms. The number of likely N-dealkylation sites (N-methyl/N-ethyl adjacent to an activating group) is 1. The number of aromatic nitrogens is 2. The van der Waals surface area contributed by atoms with Gasteiger partial charge in [-0.15, -0.1) is 0 Å². The van der Waals surface area contributed by atoms with Crippen LogP contribution < -0.4 is 20.9 Å². The molecule has 1 saturated carbocycles. The smallest absolute Gasteiger partial charge is 0.404 e. The van der Waals surface area contributed by atoms with Gasteiger partial charge in [0.1, 0.15) is 11.7 Å². The van der Waals surface area contributed by atoms with Crippen LogP contribution in [0.1, 0.15) is 25.5 Å². The first-order valence-electron chi connectivity index (χ1n) is 7.53. The number of amides is 2. The summed E-state index contributed by atoms with van der Waals surface area (Å²) in [5.74, 6) is 1.11. The average Bonchev–Trinajstić information content (AvgIpc) is 2.44. The predicted molar refractivity (Wildman–Crippen MR) is 84.9 cm³/mol. The van der Waals surface area contributed by atoms with Crippen LogP contribution in [-0.4, -0.2) is 52.2 Å². The average molecular weight is 320 g/mol. The van der Waals surface area contributed by atoms with E-state index < -0.39 is 6.09 Å². The van der Waals surface area contributed by atoms with Crippen molar-refractivity contribution in [3.8, 4) is 0 Å². The molecule has 23 heavy (non-hydrogen) atoms. The molecule has 2 heterocycles. The fourth-order valence-corrected chi connectivity index (χ4v) is 2.82. The zero-order valence-electron chi connectivity index (χ0n) is 13.3. The molecular formula is C14H20N6O3. The minimum absolute atomic E-state index is 0.0225. The number of rotatable bonds is 3. The van der Waals surface area contributed by atoms with Crippen molar-refractivity contribution in [3.63, 3.8) is 0 Å². The first-order valence-corrected chi connectivity index (χ1v) is 7.53. The van der Waals surface area contributed by atoms with E-state index in [0.717, 1.165) is 0 Å². The summed E-state index contributed by atoms with van der Waals surface area (Å²) in [6, 6.07) is -0.173. The minimum atomic E-state index is -0.999. The van der Waals surface area contributed by atoms with Gasteiger partial charge in [0.05, 0.1) is 5.69 Å². The van der Waals surface area contributed by atoms with Crippen molar-refractivity contribution < 1.29 is 14.7 Å². The van der Waals surface area contributed by atoms with Crippen LogP contribution in [0.15, 0.2) is 0 Å². The Labute approximate surface area is 133 Å². The lowest BCUT2D eigenvalue weighted by atomic mass is 9.87. The topological polar surface area (TPSA) is 119 Å². The molecule has 0 spiro atoms. The number of carboxylic acid groups (broad SMARTS) is 1. The van der Waals surface area contributed by atoms with E-state index in [-0.39, 0.29) is 24.0 Å². The standard InChI is InChI=1S/C14H20N6O3/c1-6-10-11(20(3)7(2)12(21)18-10)19-13(15-6)16-8-4-9(5-8)17-14(22)23/h7-9,17H,4-5H2,1-3H3,(H,18,21)(H,22,23)(H,15,16,19)/t7-,8-,9-/m0/s1. The van der Waals surface area contributed by atoms with Crippen molar-refractivity contribution >= 4 is 29.5 Å². The van der Waals surface area contributed by atoms with E-state index in [4.69, 9.17) is 5.11 Å². The van der Waals surface area contributed by atoms with Crippen LogP contribution in [0.4, 0.5) is 22.2 Å². The molecule has 1 aliphatic carbocycles. The summed E-state index contributed by atoms with van der Waals surface area (Å²) >= 11 is 0.